The van der Waals surface area contributed by atoms with E-state index < -0.39 is 30.4 Å². The molecule has 1 amide bonds. The second kappa shape index (κ2) is 6.92. The molecular weight excluding hydrogens is 282 g/mol. The fourth-order valence-electron chi connectivity index (χ4n) is 1.58. The van der Waals surface area contributed by atoms with Crippen LogP contribution in [0.5, 0.6) is 0 Å². The fraction of sp³-hybridized carbons (Fsp3) is 0.500. The normalized spacial score (nSPS) is 14.5. The number of carbonyl (C=O) groups is 1. The highest BCUT2D eigenvalue weighted by molar-refractivity contribution is 6.30. The zero-order chi connectivity index (χ0) is 15.3. The highest BCUT2D eigenvalue weighted by Crippen LogP contribution is 2.19. The SMILES string of the molecule is CC(C)(C)OC(=O)N[C@@H](CO)[C@@H](O)c1ccc(Cl)cc1. The number of aliphatic hydroxyl groups is 2. The van der Waals surface area contributed by atoms with Crippen molar-refractivity contribution in [1.29, 1.82) is 0 Å². The number of hydrogen-bond acceptors (Lipinski definition) is 4. The summed E-state index contributed by atoms with van der Waals surface area (Å²) in [5.74, 6) is 0. The molecule has 0 aliphatic rings. The van der Waals surface area contributed by atoms with Crippen LogP contribution in [0.2, 0.25) is 5.02 Å². The van der Waals surface area contributed by atoms with Crippen molar-refractivity contribution in [2.24, 2.45) is 0 Å². The van der Waals surface area contributed by atoms with Gasteiger partial charge in [-0.05, 0) is 38.5 Å². The molecule has 0 heterocycles. The van der Waals surface area contributed by atoms with Crippen LogP contribution in [0, 0.1) is 0 Å². The smallest absolute Gasteiger partial charge is 0.408 e. The Balaban J connectivity index is 2.70. The Labute approximate surface area is 123 Å². The lowest BCUT2D eigenvalue weighted by molar-refractivity contribution is 0.0350. The van der Waals surface area contributed by atoms with Gasteiger partial charge >= 0.3 is 6.09 Å². The largest absolute Gasteiger partial charge is 0.444 e. The number of rotatable bonds is 4. The Morgan fingerprint density at radius 2 is 1.90 bits per heavy atom. The quantitative estimate of drug-likeness (QED) is 0.797. The standard InChI is InChI=1S/C14H20ClNO4/c1-14(2,3)20-13(19)16-11(8-17)12(18)9-4-6-10(15)7-5-9/h4-7,11-12,17-18H,8H2,1-3H3,(H,16,19)/t11-,12-/m0/s1. The first-order valence-electron chi connectivity index (χ1n) is 6.27. The van der Waals surface area contributed by atoms with E-state index in [0.717, 1.165) is 0 Å². The number of carbonyl (C=O) groups excluding carboxylic acids is 1. The first-order chi connectivity index (χ1) is 9.23. The number of hydrogen-bond donors (Lipinski definition) is 3. The van der Waals surface area contributed by atoms with Gasteiger partial charge in [-0.3, -0.25) is 0 Å². The zero-order valence-corrected chi connectivity index (χ0v) is 12.5. The van der Waals surface area contributed by atoms with Crippen molar-refractivity contribution in [2.75, 3.05) is 6.61 Å². The predicted molar refractivity (Wildman–Crippen MR) is 76.7 cm³/mol. The lowest BCUT2D eigenvalue weighted by atomic mass is 10.0. The van der Waals surface area contributed by atoms with Crippen LogP contribution >= 0.6 is 11.6 Å². The second-order valence-electron chi connectivity index (χ2n) is 5.43. The number of benzene rings is 1. The van der Waals surface area contributed by atoms with Crippen LogP contribution in [0.1, 0.15) is 32.4 Å². The Bertz CT molecular complexity index is 441. The third-order valence-electron chi connectivity index (χ3n) is 2.49. The van der Waals surface area contributed by atoms with Gasteiger partial charge in [-0.2, -0.15) is 0 Å². The number of ether oxygens (including phenoxy) is 1. The number of amides is 1. The summed E-state index contributed by atoms with van der Waals surface area (Å²) in [6, 6.07) is 5.66. The van der Waals surface area contributed by atoms with Crippen molar-refractivity contribution < 1.29 is 19.7 Å². The third kappa shape index (κ3) is 5.36. The van der Waals surface area contributed by atoms with Crippen LogP contribution in [-0.2, 0) is 4.74 Å². The summed E-state index contributed by atoms with van der Waals surface area (Å²) in [4.78, 5) is 11.6. The Kier molecular flexibility index (Phi) is 5.80. The molecule has 3 N–H and O–H groups in total. The molecule has 0 unspecified atom stereocenters. The summed E-state index contributed by atoms with van der Waals surface area (Å²) in [5.41, 5.74) is -0.0977. The predicted octanol–water partition coefficient (Wildman–Crippen LogP) is 2.26. The maximum atomic E-state index is 11.6. The minimum absolute atomic E-state index is 0.414. The van der Waals surface area contributed by atoms with Crippen molar-refractivity contribution in [2.45, 2.75) is 38.5 Å². The molecule has 1 rings (SSSR count). The first kappa shape index (κ1) is 16.8. The topological polar surface area (TPSA) is 78.8 Å². The van der Waals surface area contributed by atoms with Gasteiger partial charge in [0.25, 0.3) is 0 Å². The number of halogens is 1. The van der Waals surface area contributed by atoms with E-state index in [0.29, 0.717) is 10.6 Å². The van der Waals surface area contributed by atoms with E-state index in [1.807, 2.05) is 0 Å². The van der Waals surface area contributed by atoms with Gasteiger partial charge in [-0.1, -0.05) is 23.7 Å². The van der Waals surface area contributed by atoms with E-state index in [1.54, 1.807) is 45.0 Å². The van der Waals surface area contributed by atoms with Crippen molar-refractivity contribution in [3.8, 4) is 0 Å². The molecule has 112 valence electrons. The lowest BCUT2D eigenvalue weighted by Crippen LogP contribution is -2.44. The Hall–Kier alpha value is -1.30. The van der Waals surface area contributed by atoms with Gasteiger partial charge in [-0.15, -0.1) is 0 Å². The lowest BCUT2D eigenvalue weighted by Gasteiger charge is -2.25. The third-order valence-corrected chi connectivity index (χ3v) is 2.74. The molecular formula is C14H20ClNO4. The number of alkyl carbamates (subject to hydrolysis) is 1. The van der Waals surface area contributed by atoms with Gasteiger partial charge in [0, 0.05) is 5.02 Å². The highest BCUT2D eigenvalue weighted by Gasteiger charge is 2.25. The summed E-state index contributed by atoms with van der Waals surface area (Å²) in [6.07, 6.45) is -1.74. The summed E-state index contributed by atoms with van der Waals surface area (Å²) in [5, 5.41) is 22.4. The van der Waals surface area contributed by atoms with Gasteiger partial charge < -0.3 is 20.3 Å². The van der Waals surface area contributed by atoms with Crippen LogP contribution < -0.4 is 5.32 Å². The molecule has 0 spiro atoms. The van der Waals surface area contributed by atoms with Gasteiger partial charge in [-0.25, -0.2) is 4.79 Å². The molecule has 0 saturated heterocycles. The van der Waals surface area contributed by atoms with Gasteiger partial charge in [0.05, 0.1) is 12.6 Å². The van der Waals surface area contributed by atoms with E-state index >= 15 is 0 Å². The maximum absolute atomic E-state index is 11.6. The molecule has 5 nitrogen and oxygen atoms in total. The van der Waals surface area contributed by atoms with Crippen LogP contribution in [0.3, 0.4) is 0 Å². The Morgan fingerprint density at radius 1 is 1.35 bits per heavy atom. The molecule has 0 aliphatic carbocycles. The Morgan fingerprint density at radius 3 is 2.35 bits per heavy atom. The van der Waals surface area contributed by atoms with Crippen molar-refractivity contribution in [3.05, 3.63) is 34.9 Å². The summed E-state index contributed by atoms with van der Waals surface area (Å²) in [6.45, 7) is 4.78. The van der Waals surface area contributed by atoms with Gasteiger partial charge in [0.15, 0.2) is 0 Å². The molecule has 0 aromatic heterocycles. The number of nitrogens with one attached hydrogen (secondary N) is 1. The molecule has 0 bridgehead atoms. The van der Waals surface area contributed by atoms with Crippen molar-refractivity contribution in [1.82, 2.24) is 5.32 Å². The highest BCUT2D eigenvalue weighted by atomic mass is 35.5. The molecule has 0 radical (unpaired) electrons. The minimum atomic E-state index is -1.05. The second-order valence-corrected chi connectivity index (χ2v) is 5.87. The van der Waals surface area contributed by atoms with E-state index in [9.17, 15) is 15.0 Å². The molecule has 1 aromatic rings. The number of aliphatic hydroxyl groups excluding tert-OH is 2. The summed E-state index contributed by atoms with van der Waals surface area (Å²) in [7, 11) is 0. The monoisotopic (exact) mass is 301 g/mol. The summed E-state index contributed by atoms with van der Waals surface area (Å²) < 4.78 is 5.08. The molecule has 20 heavy (non-hydrogen) atoms. The summed E-state index contributed by atoms with van der Waals surface area (Å²) >= 11 is 5.77. The van der Waals surface area contributed by atoms with E-state index in [1.165, 1.54) is 0 Å². The van der Waals surface area contributed by atoms with Crippen LogP contribution in [-0.4, -0.2) is 34.6 Å². The fourth-order valence-corrected chi connectivity index (χ4v) is 1.70. The van der Waals surface area contributed by atoms with Crippen LogP contribution in [0.25, 0.3) is 0 Å². The molecule has 6 heteroatoms. The van der Waals surface area contributed by atoms with Crippen molar-refractivity contribution in [3.63, 3.8) is 0 Å². The molecule has 1 aromatic carbocycles. The average molecular weight is 302 g/mol. The van der Waals surface area contributed by atoms with Crippen molar-refractivity contribution >= 4 is 17.7 Å². The van der Waals surface area contributed by atoms with Crippen LogP contribution in [0.15, 0.2) is 24.3 Å². The van der Waals surface area contributed by atoms with E-state index in [4.69, 9.17) is 16.3 Å². The minimum Gasteiger partial charge on any atom is -0.444 e. The average Bonchev–Trinajstić information content (AvgIpc) is 2.34. The van der Waals surface area contributed by atoms with Crippen LogP contribution in [0.4, 0.5) is 4.79 Å². The molecule has 0 aliphatic heterocycles. The van der Waals surface area contributed by atoms with Gasteiger partial charge in [0.1, 0.15) is 11.7 Å². The van der Waals surface area contributed by atoms with E-state index in [2.05, 4.69) is 5.32 Å². The van der Waals surface area contributed by atoms with Gasteiger partial charge in [0.2, 0.25) is 0 Å². The first-order valence-corrected chi connectivity index (χ1v) is 6.64. The van der Waals surface area contributed by atoms with E-state index in [-0.39, 0.29) is 0 Å². The maximum Gasteiger partial charge on any atom is 0.408 e. The molecule has 0 saturated carbocycles. The molecule has 2 atom stereocenters. The molecule has 0 fully saturated rings. The zero-order valence-electron chi connectivity index (χ0n) is 11.8.